The molecular weight excluding hydrogens is 404 g/mol. The largest absolute Gasteiger partial charge is 0.353 e. The second kappa shape index (κ2) is 6.94. The van der Waals surface area contributed by atoms with E-state index in [0.717, 1.165) is 44.9 Å². The van der Waals surface area contributed by atoms with Crippen molar-refractivity contribution < 1.29 is 24.2 Å². The van der Waals surface area contributed by atoms with Gasteiger partial charge in [0.15, 0.2) is 5.78 Å². The van der Waals surface area contributed by atoms with Crippen molar-refractivity contribution in [3.8, 4) is 0 Å². The normalized spacial score (nSPS) is 39.8. The molecule has 5 nitrogen and oxygen atoms in total. The third kappa shape index (κ3) is 2.67. The highest BCUT2D eigenvalue weighted by atomic mass is 16.6. The van der Waals surface area contributed by atoms with Gasteiger partial charge in [0.05, 0.1) is 6.10 Å². The molecule has 0 aromatic heterocycles. The Morgan fingerprint density at radius 2 is 1.62 bits per heavy atom. The first-order valence-corrected chi connectivity index (χ1v) is 12.1. The molecule has 0 bridgehead atoms. The Labute approximate surface area is 188 Å². The first kappa shape index (κ1) is 20.5. The lowest BCUT2D eigenvalue weighted by molar-refractivity contribution is -0.194. The molecule has 168 valence electrons. The van der Waals surface area contributed by atoms with Crippen LogP contribution >= 0.6 is 0 Å². The van der Waals surface area contributed by atoms with Gasteiger partial charge in [-0.15, -0.1) is 0 Å². The molecule has 0 unspecified atom stereocenters. The Kier molecular flexibility index (Phi) is 4.45. The van der Waals surface area contributed by atoms with Crippen LogP contribution in [0.25, 0.3) is 0 Å². The molecule has 1 aromatic rings. The SMILES string of the molecule is C[C@]12CC[C@H]3[C@H](CCC4=CC(=O)CC[C@H]43)[C@H]1CC[C@@H]2OC1(O)C(=O)c2ccccc2C1=O. The summed E-state index contributed by atoms with van der Waals surface area (Å²) in [5.74, 6) is -1.17. The van der Waals surface area contributed by atoms with Crippen LogP contribution in [-0.4, -0.2) is 34.3 Å². The Bertz CT molecular complexity index is 1020. The lowest BCUT2D eigenvalue weighted by Gasteiger charge is -2.54. The predicted octanol–water partition coefficient (Wildman–Crippen LogP) is 4.28. The van der Waals surface area contributed by atoms with E-state index in [0.29, 0.717) is 30.1 Å². The molecule has 0 radical (unpaired) electrons. The summed E-state index contributed by atoms with van der Waals surface area (Å²) in [6.07, 6.45) is 9.16. The molecule has 0 heterocycles. The van der Waals surface area contributed by atoms with Crippen molar-refractivity contribution in [1.82, 2.24) is 0 Å². The summed E-state index contributed by atoms with van der Waals surface area (Å²) in [6, 6.07) is 6.58. The van der Waals surface area contributed by atoms with Crippen molar-refractivity contribution in [3.05, 3.63) is 47.0 Å². The predicted molar refractivity (Wildman–Crippen MR) is 117 cm³/mol. The van der Waals surface area contributed by atoms with Gasteiger partial charge in [0.1, 0.15) is 0 Å². The number of allylic oxidation sites excluding steroid dienone is 1. The van der Waals surface area contributed by atoms with E-state index < -0.39 is 17.4 Å². The van der Waals surface area contributed by atoms with Crippen LogP contribution in [0.4, 0.5) is 0 Å². The number of benzene rings is 1. The summed E-state index contributed by atoms with van der Waals surface area (Å²) in [6.45, 7) is 2.24. The number of ketones is 3. The van der Waals surface area contributed by atoms with Crippen LogP contribution in [0.15, 0.2) is 35.9 Å². The number of carbonyl (C=O) groups is 3. The Hall–Kier alpha value is -2.11. The summed E-state index contributed by atoms with van der Waals surface area (Å²) in [5.41, 5.74) is 1.72. The van der Waals surface area contributed by atoms with Gasteiger partial charge in [-0.2, -0.15) is 0 Å². The monoisotopic (exact) mass is 434 g/mol. The number of hydrogen-bond acceptors (Lipinski definition) is 5. The first-order chi connectivity index (χ1) is 15.3. The Balaban J connectivity index is 1.25. The van der Waals surface area contributed by atoms with Crippen molar-refractivity contribution in [1.29, 1.82) is 0 Å². The van der Waals surface area contributed by atoms with E-state index in [4.69, 9.17) is 4.74 Å². The van der Waals surface area contributed by atoms with Crippen molar-refractivity contribution in [3.63, 3.8) is 0 Å². The summed E-state index contributed by atoms with van der Waals surface area (Å²) in [7, 11) is 0. The fourth-order valence-electron chi connectivity index (χ4n) is 7.99. The minimum Gasteiger partial charge on any atom is -0.353 e. The molecule has 5 aliphatic carbocycles. The fraction of sp³-hybridized carbons (Fsp3) is 0.593. The zero-order valence-corrected chi connectivity index (χ0v) is 18.5. The maximum atomic E-state index is 13.0. The van der Waals surface area contributed by atoms with E-state index in [9.17, 15) is 19.5 Å². The summed E-state index contributed by atoms with van der Waals surface area (Å²) in [5, 5.41) is 11.2. The average Bonchev–Trinajstić information content (AvgIpc) is 3.21. The van der Waals surface area contributed by atoms with Crippen molar-refractivity contribution in [2.24, 2.45) is 29.1 Å². The van der Waals surface area contributed by atoms with E-state index in [1.165, 1.54) is 5.57 Å². The molecule has 1 aromatic carbocycles. The van der Waals surface area contributed by atoms with Crippen LogP contribution in [-0.2, 0) is 9.53 Å². The summed E-state index contributed by atoms with van der Waals surface area (Å²) in [4.78, 5) is 37.8. The van der Waals surface area contributed by atoms with Crippen molar-refractivity contribution in [2.75, 3.05) is 0 Å². The van der Waals surface area contributed by atoms with Crippen molar-refractivity contribution in [2.45, 2.75) is 70.2 Å². The molecule has 0 spiro atoms. The van der Waals surface area contributed by atoms with Crippen LogP contribution in [0.2, 0.25) is 0 Å². The van der Waals surface area contributed by atoms with Crippen LogP contribution in [0.1, 0.15) is 79.0 Å². The number of Topliss-reactive ketones (excluding diaryl/α,β-unsaturated/α-hetero) is 2. The second-order valence-corrected chi connectivity index (χ2v) is 10.9. The van der Waals surface area contributed by atoms with E-state index in [-0.39, 0.29) is 28.4 Å². The topological polar surface area (TPSA) is 80.7 Å². The van der Waals surface area contributed by atoms with Crippen LogP contribution in [0, 0.1) is 29.1 Å². The highest BCUT2D eigenvalue weighted by molar-refractivity contribution is 6.30. The standard InChI is InChI=1S/C27H30O5/c1-26-13-12-18-17-9-7-16(28)14-15(17)6-8-19(18)22(26)10-11-23(26)32-27(31)24(29)20-4-2-3-5-21(20)25(27)30/h2-5,14,17-19,22-23,31H,6-13H2,1H3/t17-,18-,19+,22-,23+,26+/m1/s1. The van der Waals surface area contributed by atoms with E-state index in [2.05, 4.69) is 6.92 Å². The Morgan fingerprint density at radius 1 is 0.906 bits per heavy atom. The summed E-state index contributed by atoms with van der Waals surface area (Å²) < 4.78 is 6.14. The van der Waals surface area contributed by atoms with Gasteiger partial charge in [-0.1, -0.05) is 36.8 Å². The zero-order chi connectivity index (χ0) is 22.3. The van der Waals surface area contributed by atoms with Gasteiger partial charge in [-0.3, -0.25) is 14.4 Å². The van der Waals surface area contributed by atoms with Gasteiger partial charge in [-0.25, -0.2) is 0 Å². The Morgan fingerprint density at radius 3 is 2.34 bits per heavy atom. The van der Waals surface area contributed by atoms with Gasteiger partial charge in [0.2, 0.25) is 11.6 Å². The number of fused-ring (bicyclic) bond motifs is 6. The molecule has 5 aliphatic rings. The van der Waals surface area contributed by atoms with Gasteiger partial charge < -0.3 is 9.84 Å². The second-order valence-electron chi connectivity index (χ2n) is 10.9. The highest BCUT2D eigenvalue weighted by Gasteiger charge is 2.61. The van der Waals surface area contributed by atoms with Gasteiger partial charge in [-0.05, 0) is 80.1 Å². The van der Waals surface area contributed by atoms with Crippen LogP contribution in [0.5, 0.6) is 0 Å². The number of hydrogen-bond donors (Lipinski definition) is 1. The zero-order valence-electron chi connectivity index (χ0n) is 18.5. The maximum absolute atomic E-state index is 13.0. The lowest BCUT2D eigenvalue weighted by atomic mass is 9.52. The molecule has 1 N–H and O–H groups in total. The third-order valence-corrected chi connectivity index (χ3v) is 9.56. The quantitative estimate of drug-likeness (QED) is 0.555. The molecule has 32 heavy (non-hydrogen) atoms. The highest BCUT2D eigenvalue weighted by Crippen LogP contribution is 2.62. The number of ether oxygens (including phenoxy) is 1. The van der Waals surface area contributed by atoms with E-state index in [1.807, 2.05) is 6.08 Å². The van der Waals surface area contributed by atoms with Crippen LogP contribution < -0.4 is 0 Å². The average molecular weight is 435 g/mol. The number of rotatable bonds is 2. The van der Waals surface area contributed by atoms with Gasteiger partial charge in [0, 0.05) is 17.5 Å². The number of aliphatic hydroxyl groups is 1. The lowest BCUT2D eigenvalue weighted by Crippen LogP contribution is -2.53. The maximum Gasteiger partial charge on any atom is 0.297 e. The molecule has 3 saturated carbocycles. The third-order valence-electron chi connectivity index (χ3n) is 9.56. The molecular formula is C27H30O5. The van der Waals surface area contributed by atoms with Crippen LogP contribution in [0.3, 0.4) is 0 Å². The summed E-state index contributed by atoms with van der Waals surface area (Å²) >= 11 is 0. The molecule has 0 saturated heterocycles. The molecule has 3 fully saturated rings. The minimum absolute atomic E-state index is 0.155. The molecule has 6 atom stereocenters. The molecule has 5 heteroatoms. The molecule has 6 rings (SSSR count). The smallest absolute Gasteiger partial charge is 0.297 e. The number of carbonyl (C=O) groups excluding carboxylic acids is 3. The molecule has 0 aliphatic heterocycles. The minimum atomic E-state index is -2.39. The van der Waals surface area contributed by atoms with Gasteiger partial charge in [0.25, 0.3) is 5.79 Å². The van der Waals surface area contributed by atoms with E-state index in [1.54, 1.807) is 24.3 Å². The fourth-order valence-corrected chi connectivity index (χ4v) is 7.99. The first-order valence-electron chi connectivity index (χ1n) is 12.1. The van der Waals surface area contributed by atoms with Gasteiger partial charge >= 0.3 is 0 Å². The molecule has 0 amide bonds. The van der Waals surface area contributed by atoms with Crippen molar-refractivity contribution >= 4 is 17.3 Å². The van der Waals surface area contributed by atoms with E-state index >= 15 is 0 Å².